The second-order valence-electron chi connectivity index (χ2n) is 3.17. The number of hydrogen-bond acceptors (Lipinski definition) is 3. The highest BCUT2D eigenvalue weighted by molar-refractivity contribution is 5.92. The van der Waals surface area contributed by atoms with Crippen molar-refractivity contribution in [3.8, 4) is 0 Å². The molecule has 5 heteroatoms. The molecular weight excluding hydrogens is 180 g/mol. The van der Waals surface area contributed by atoms with Gasteiger partial charge >= 0.3 is 0 Å². The van der Waals surface area contributed by atoms with Crippen molar-refractivity contribution < 1.29 is 4.79 Å². The second-order valence-corrected chi connectivity index (χ2v) is 3.17. The molecule has 0 spiro atoms. The van der Waals surface area contributed by atoms with Crippen molar-refractivity contribution in [2.45, 2.75) is 0 Å². The summed E-state index contributed by atoms with van der Waals surface area (Å²) < 4.78 is 1.58. The topological polar surface area (TPSA) is 50.2 Å². The number of rotatable bonds is 4. The number of carbonyl (C=O) groups excluding carboxylic acids is 1. The van der Waals surface area contributed by atoms with E-state index in [0.717, 1.165) is 6.54 Å². The molecule has 1 amide bonds. The van der Waals surface area contributed by atoms with Gasteiger partial charge in [0.1, 0.15) is 5.69 Å². The fourth-order valence-corrected chi connectivity index (χ4v) is 1.16. The van der Waals surface area contributed by atoms with Crippen molar-refractivity contribution in [1.82, 2.24) is 20.0 Å². The first-order valence-corrected chi connectivity index (χ1v) is 4.55. The van der Waals surface area contributed by atoms with Crippen LogP contribution in [0.3, 0.4) is 0 Å². The van der Waals surface area contributed by atoms with Crippen LogP contribution >= 0.6 is 0 Å². The molecule has 0 unspecified atom stereocenters. The van der Waals surface area contributed by atoms with Crippen LogP contribution in [0.2, 0.25) is 0 Å². The third-order valence-corrected chi connectivity index (χ3v) is 2.08. The summed E-state index contributed by atoms with van der Waals surface area (Å²) in [6.45, 7) is 1.49. The van der Waals surface area contributed by atoms with E-state index >= 15 is 0 Å². The van der Waals surface area contributed by atoms with Crippen LogP contribution in [0, 0.1) is 0 Å². The van der Waals surface area contributed by atoms with Crippen LogP contribution in [-0.2, 0) is 7.05 Å². The molecule has 0 bridgehead atoms. The lowest BCUT2D eigenvalue weighted by molar-refractivity contribution is 0.0786. The van der Waals surface area contributed by atoms with E-state index in [1.165, 1.54) is 0 Å². The Hall–Kier alpha value is -1.36. The highest BCUT2D eigenvalue weighted by Gasteiger charge is 2.13. The number of amides is 1. The number of aryl methyl sites for hydroxylation is 1. The van der Waals surface area contributed by atoms with Crippen LogP contribution in [0.5, 0.6) is 0 Å². The van der Waals surface area contributed by atoms with Crippen molar-refractivity contribution in [3.63, 3.8) is 0 Å². The molecule has 0 saturated heterocycles. The smallest absolute Gasteiger partial charge is 0.271 e. The molecule has 0 saturated carbocycles. The minimum Gasteiger partial charge on any atom is -0.339 e. The van der Waals surface area contributed by atoms with Gasteiger partial charge in [0.15, 0.2) is 0 Å². The quantitative estimate of drug-likeness (QED) is 0.720. The molecule has 0 aliphatic rings. The van der Waals surface area contributed by atoms with Gasteiger partial charge in [-0.05, 0) is 13.1 Å². The molecule has 0 aliphatic carbocycles. The van der Waals surface area contributed by atoms with Crippen LogP contribution in [0.1, 0.15) is 10.5 Å². The SMILES string of the molecule is CNCCN(C)C(=O)c1ccnn1C. The zero-order valence-corrected chi connectivity index (χ0v) is 8.82. The molecule has 5 nitrogen and oxygen atoms in total. The Morgan fingerprint density at radius 3 is 2.93 bits per heavy atom. The fourth-order valence-electron chi connectivity index (χ4n) is 1.16. The van der Waals surface area contributed by atoms with Crippen molar-refractivity contribution in [1.29, 1.82) is 0 Å². The Kier molecular flexibility index (Phi) is 3.64. The van der Waals surface area contributed by atoms with Crippen LogP contribution in [0.4, 0.5) is 0 Å². The molecule has 0 atom stereocenters. The Morgan fingerprint density at radius 2 is 2.43 bits per heavy atom. The highest BCUT2D eigenvalue weighted by atomic mass is 16.2. The Labute approximate surface area is 83.7 Å². The molecule has 0 aliphatic heterocycles. The van der Waals surface area contributed by atoms with Crippen LogP contribution < -0.4 is 5.32 Å². The number of carbonyl (C=O) groups is 1. The van der Waals surface area contributed by atoms with Gasteiger partial charge in [-0.3, -0.25) is 9.48 Å². The lowest BCUT2D eigenvalue weighted by atomic mass is 10.3. The maximum Gasteiger partial charge on any atom is 0.271 e. The zero-order valence-electron chi connectivity index (χ0n) is 8.82. The first-order valence-electron chi connectivity index (χ1n) is 4.55. The normalized spacial score (nSPS) is 10.2. The van der Waals surface area contributed by atoms with Crippen molar-refractivity contribution in [2.75, 3.05) is 27.2 Å². The summed E-state index contributed by atoms with van der Waals surface area (Å²) in [6, 6.07) is 1.72. The molecule has 1 aromatic heterocycles. The molecule has 0 aromatic carbocycles. The van der Waals surface area contributed by atoms with E-state index in [1.54, 1.807) is 35.9 Å². The average molecular weight is 196 g/mol. The van der Waals surface area contributed by atoms with Gasteiger partial charge in [0.2, 0.25) is 0 Å². The van der Waals surface area contributed by atoms with Crippen LogP contribution in [-0.4, -0.2) is 47.8 Å². The summed E-state index contributed by atoms with van der Waals surface area (Å²) in [5.74, 6) is 0.000231. The highest BCUT2D eigenvalue weighted by Crippen LogP contribution is 2.00. The summed E-state index contributed by atoms with van der Waals surface area (Å²) >= 11 is 0. The summed E-state index contributed by atoms with van der Waals surface area (Å²) in [4.78, 5) is 13.4. The molecule has 14 heavy (non-hydrogen) atoms. The minimum atomic E-state index is 0.000231. The Morgan fingerprint density at radius 1 is 1.71 bits per heavy atom. The Balaban J connectivity index is 2.61. The predicted octanol–water partition coefficient (Wildman–Crippen LogP) is -0.289. The average Bonchev–Trinajstić information content (AvgIpc) is 2.59. The number of hydrogen-bond donors (Lipinski definition) is 1. The van der Waals surface area contributed by atoms with E-state index in [9.17, 15) is 4.79 Å². The third-order valence-electron chi connectivity index (χ3n) is 2.08. The maximum absolute atomic E-state index is 11.8. The molecule has 0 fully saturated rings. The van der Waals surface area contributed by atoms with Gasteiger partial charge in [-0.1, -0.05) is 0 Å². The standard InChI is InChI=1S/C9H16N4O/c1-10-6-7-12(2)9(14)8-4-5-11-13(8)3/h4-5,10H,6-7H2,1-3H3. The first kappa shape index (κ1) is 10.7. The van der Waals surface area contributed by atoms with Gasteiger partial charge in [-0.2, -0.15) is 5.10 Å². The van der Waals surface area contributed by atoms with E-state index in [-0.39, 0.29) is 5.91 Å². The summed E-state index contributed by atoms with van der Waals surface area (Å²) in [7, 11) is 5.41. The Bertz CT molecular complexity index is 308. The van der Waals surface area contributed by atoms with Crippen molar-refractivity contribution in [2.24, 2.45) is 7.05 Å². The van der Waals surface area contributed by atoms with E-state index < -0.39 is 0 Å². The van der Waals surface area contributed by atoms with Gasteiger partial charge in [-0.25, -0.2) is 0 Å². The fraction of sp³-hybridized carbons (Fsp3) is 0.556. The summed E-state index contributed by atoms with van der Waals surface area (Å²) in [6.07, 6.45) is 1.62. The molecule has 1 rings (SSSR count). The summed E-state index contributed by atoms with van der Waals surface area (Å²) in [5, 5.41) is 6.95. The van der Waals surface area contributed by atoms with Gasteiger partial charge in [0, 0.05) is 33.4 Å². The number of aromatic nitrogens is 2. The minimum absolute atomic E-state index is 0.000231. The van der Waals surface area contributed by atoms with Gasteiger partial charge in [0.25, 0.3) is 5.91 Å². The molecular formula is C9H16N4O. The summed E-state index contributed by atoms with van der Waals surface area (Å²) in [5.41, 5.74) is 0.614. The number of nitrogens with one attached hydrogen (secondary N) is 1. The monoisotopic (exact) mass is 196 g/mol. The second kappa shape index (κ2) is 4.76. The number of nitrogens with zero attached hydrogens (tertiary/aromatic N) is 3. The van der Waals surface area contributed by atoms with Crippen molar-refractivity contribution in [3.05, 3.63) is 18.0 Å². The third kappa shape index (κ3) is 2.32. The van der Waals surface area contributed by atoms with E-state index in [2.05, 4.69) is 10.4 Å². The molecule has 1 aromatic rings. The predicted molar refractivity (Wildman–Crippen MR) is 54.1 cm³/mol. The number of likely N-dealkylation sites (N-methyl/N-ethyl adjacent to an activating group) is 2. The largest absolute Gasteiger partial charge is 0.339 e. The van der Waals surface area contributed by atoms with Crippen LogP contribution in [0.25, 0.3) is 0 Å². The maximum atomic E-state index is 11.8. The van der Waals surface area contributed by atoms with Gasteiger partial charge < -0.3 is 10.2 Å². The van der Waals surface area contributed by atoms with E-state index in [0.29, 0.717) is 12.2 Å². The van der Waals surface area contributed by atoms with Crippen molar-refractivity contribution >= 4 is 5.91 Å². The molecule has 1 heterocycles. The molecule has 78 valence electrons. The lowest BCUT2D eigenvalue weighted by Gasteiger charge is -2.16. The van der Waals surface area contributed by atoms with E-state index in [4.69, 9.17) is 0 Å². The lowest BCUT2D eigenvalue weighted by Crippen LogP contribution is -2.33. The molecule has 1 N–H and O–H groups in total. The van der Waals surface area contributed by atoms with Gasteiger partial charge in [-0.15, -0.1) is 0 Å². The zero-order chi connectivity index (χ0) is 10.6. The van der Waals surface area contributed by atoms with Gasteiger partial charge in [0.05, 0.1) is 0 Å². The first-order chi connectivity index (χ1) is 6.66. The van der Waals surface area contributed by atoms with E-state index in [1.807, 2.05) is 7.05 Å². The molecule has 0 radical (unpaired) electrons. The van der Waals surface area contributed by atoms with Crippen LogP contribution in [0.15, 0.2) is 12.3 Å².